The summed E-state index contributed by atoms with van der Waals surface area (Å²) in [5, 5.41) is 0. The van der Waals surface area contributed by atoms with Crippen LogP contribution in [0.25, 0.3) is 0 Å². The van der Waals surface area contributed by atoms with Gasteiger partial charge in [-0.25, -0.2) is 0 Å². The Morgan fingerprint density at radius 1 is 0.882 bits per heavy atom. The van der Waals surface area contributed by atoms with Crippen molar-refractivity contribution >= 4 is 0 Å². The zero-order valence-electron chi connectivity index (χ0n) is 11.1. The molecule has 3 rings (SSSR count). The van der Waals surface area contributed by atoms with Crippen LogP contribution < -0.4 is 5.73 Å². The number of nitrogens with zero attached hydrogens (tertiary/aromatic N) is 1. The fraction of sp³-hybridized carbons (Fsp3) is 1.00. The number of rotatable bonds is 2. The molecule has 17 heavy (non-hydrogen) atoms. The van der Waals surface area contributed by atoms with Crippen LogP contribution in [0.1, 0.15) is 51.4 Å². The summed E-state index contributed by atoms with van der Waals surface area (Å²) in [5.41, 5.74) is 6.10. The molecular formula is C15H28N2. The van der Waals surface area contributed by atoms with E-state index in [0.29, 0.717) is 6.04 Å². The highest BCUT2D eigenvalue weighted by Crippen LogP contribution is 2.35. The molecule has 2 saturated carbocycles. The van der Waals surface area contributed by atoms with Crippen LogP contribution in [0.5, 0.6) is 0 Å². The zero-order valence-corrected chi connectivity index (χ0v) is 11.1. The molecule has 0 aromatic heterocycles. The Morgan fingerprint density at radius 3 is 2.29 bits per heavy atom. The lowest BCUT2D eigenvalue weighted by molar-refractivity contribution is 0.0668. The SMILES string of the molecule is NC1CCCC(CN2CC3CCCC(C3)C2)C1. The Hall–Kier alpha value is -0.0800. The second-order valence-electron chi connectivity index (χ2n) is 6.91. The molecule has 2 aliphatic carbocycles. The quantitative estimate of drug-likeness (QED) is 0.798. The highest BCUT2D eigenvalue weighted by molar-refractivity contribution is 4.85. The first-order valence-corrected chi connectivity index (χ1v) is 7.77. The molecule has 3 fully saturated rings. The molecule has 1 aliphatic heterocycles. The van der Waals surface area contributed by atoms with Gasteiger partial charge in [-0.2, -0.15) is 0 Å². The van der Waals surface area contributed by atoms with Gasteiger partial charge in [0.1, 0.15) is 0 Å². The largest absolute Gasteiger partial charge is 0.328 e. The van der Waals surface area contributed by atoms with Crippen LogP contribution in [0.15, 0.2) is 0 Å². The molecule has 2 heteroatoms. The van der Waals surface area contributed by atoms with Crippen LogP contribution in [0.3, 0.4) is 0 Å². The molecule has 4 unspecified atom stereocenters. The molecule has 0 aromatic rings. The maximum atomic E-state index is 6.10. The number of likely N-dealkylation sites (tertiary alicyclic amines) is 1. The summed E-state index contributed by atoms with van der Waals surface area (Å²) in [4.78, 5) is 2.78. The minimum Gasteiger partial charge on any atom is -0.328 e. The van der Waals surface area contributed by atoms with Crippen LogP contribution in [-0.4, -0.2) is 30.6 Å². The number of fused-ring (bicyclic) bond motifs is 2. The van der Waals surface area contributed by atoms with Crippen LogP contribution in [0.4, 0.5) is 0 Å². The maximum Gasteiger partial charge on any atom is 0.00419 e. The average Bonchev–Trinajstić information content (AvgIpc) is 2.28. The van der Waals surface area contributed by atoms with Gasteiger partial charge in [0.2, 0.25) is 0 Å². The van der Waals surface area contributed by atoms with Crippen molar-refractivity contribution < 1.29 is 0 Å². The lowest BCUT2D eigenvalue weighted by Crippen LogP contribution is -2.45. The third kappa shape index (κ3) is 3.03. The molecular weight excluding hydrogens is 208 g/mol. The number of piperidine rings is 1. The summed E-state index contributed by atoms with van der Waals surface area (Å²) >= 11 is 0. The van der Waals surface area contributed by atoms with Crippen molar-refractivity contribution in [1.82, 2.24) is 4.90 Å². The minimum absolute atomic E-state index is 0.498. The van der Waals surface area contributed by atoms with Crippen molar-refractivity contribution in [2.45, 2.75) is 57.4 Å². The Labute approximate surface area is 106 Å². The summed E-state index contributed by atoms with van der Waals surface area (Å²) in [7, 11) is 0. The van der Waals surface area contributed by atoms with Crippen LogP contribution >= 0.6 is 0 Å². The number of nitrogens with two attached hydrogens (primary N) is 1. The fourth-order valence-corrected chi connectivity index (χ4v) is 4.55. The van der Waals surface area contributed by atoms with E-state index < -0.39 is 0 Å². The van der Waals surface area contributed by atoms with Crippen molar-refractivity contribution in [3.05, 3.63) is 0 Å². The Bertz CT molecular complexity index is 241. The van der Waals surface area contributed by atoms with E-state index in [1.165, 1.54) is 71.0 Å². The minimum atomic E-state index is 0.498. The van der Waals surface area contributed by atoms with E-state index in [0.717, 1.165) is 17.8 Å². The predicted octanol–water partition coefficient (Wildman–Crippen LogP) is 2.63. The summed E-state index contributed by atoms with van der Waals surface area (Å²) < 4.78 is 0. The van der Waals surface area contributed by atoms with E-state index >= 15 is 0 Å². The summed E-state index contributed by atoms with van der Waals surface area (Å²) in [5.74, 6) is 2.96. The second kappa shape index (κ2) is 5.27. The summed E-state index contributed by atoms with van der Waals surface area (Å²) in [6.45, 7) is 4.13. The van der Waals surface area contributed by atoms with Gasteiger partial charge in [-0.15, -0.1) is 0 Å². The van der Waals surface area contributed by atoms with E-state index in [4.69, 9.17) is 5.73 Å². The number of hydrogen-bond donors (Lipinski definition) is 1. The van der Waals surface area contributed by atoms with Gasteiger partial charge in [0.15, 0.2) is 0 Å². The lowest BCUT2D eigenvalue weighted by Gasteiger charge is -2.43. The molecule has 0 aromatic carbocycles. The van der Waals surface area contributed by atoms with Gasteiger partial charge in [0.05, 0.1) is 0 Å². The molecule has 2 nitrogen and oxygen atoms in total. The summed E-state index contributed by atoms with van der Waals surface area (Å²) in [6.07, 6.45) is 11.4. The molecule has 1 heterocycles. The highest BCUT2D eigenvalue weighted by Gasteiger charge is 2.31. The first-order valence-electron chi connectivity index (χ1n) is 7.77. The van der Waals surface area contributed by atoms with E-state index in [1.807, 2.05) is 0 Å². The molecule has 0 amide bonds. The Kier molecular flexibility index (Phi) is 3.72. The van der Waals surface area contributed by atoms with Crippen molar-refractivity contribution in [3.8, 4) is 0 Å². The predicted molar refractivity (Wildman–Crippen MR) is 71.8 cm³/mol. The van der Waals surface area contributed by atoms with Crippen molar-refractivity contribution in [1.29, 1.82) is 0 Å². The van der Waals surface area contributed by atoms with E-state index in [9.17, 15) is 0 Å². The molecule has 0 radical (unpaired) electrons. The zero-order chi connectivity index (χ0) is 11.7. The molecule has 2 N–H and O–H groups in total. The van der Waals surface area contributed by atoms with Gasteiger partial charge in [0.25, 0.3) is 0 Å². The second-order valence-corrected chi connectivity index (χ2v) is 6.91. The van der Waals surface area contributed by atoms with E-state index in [-0.39, 0.29) is 0 Å². The lowest BCUT2D eigenvalue weighted by atomic mass is 9.77. The van der Waals surface area contributed by atoms with E-state index in [1.54, 1.807) is 0 Å². The van der Waals surface area contributed by atoms with Gasteiger partial charge in [0, 0.05) is 25.7 Å². The molecule has 4 atom stereocenters. The Balaban J connectivity index is 1.51. The smallest absolute Gasteiger partial charge is 0.00419 e. The van der Waals surface area contributed by atoms with Crippen LogP contribution in [-0.2, 0) is 0 Å². The van der Waals surface area contributed by atoms with Crippen LogP contribution in [0.2, 0.25) is 0 Å². The summed E-state index contributed by atoms with van der Waals surface area (Å²) in [6, 6.07) is 0.498. The average molecular weight is 236 g/mol. The molecule has 2 bridgehead atoms. The molecule has 0 spiro atoms. The highest BCUT2D eigenvalue weighted by atomic mass is 15.1. The standard InChI is InChI=1S/C15H28N2/c16-15-6-2-5-14(8-15)11-17-9-12-3-1-4-13(7-12)10-17/h12-15H,1-11,16H2. The van der Waals surface area contributed by atoms with Crippen molar-refractivity contribution in [2.75, 3.05) is 19.6 Å². The van der Waals surface area contributed by atoms with Crippen molar-refractivity contribution in [3.63, 3.8) is 0 Å². The van der Waals surface area contributed by atoms with Gasteiger partial charge < -0.3 is 10.6 Å². The first kappa shape index (κ1) is 12.0. The van der Waals surface area contributed by atoms with Crippen LogP contribution in [0, 0.1) is 17.8 Å². The topological polar surface area (TPSA) is 29.3 Å². The Morgan fingerprint density at radius 2 is 1.59 bits per heavy atom. The normalized spacial score (nSPS) is 43.6. The molecule has 98 valence electrons. The van der Waals surface area contributed by atoms with Crippen molar-refractivity contribution in [2.24, 2.45) is 23.5 Å². The van der Waals surface area contributed by atoms with Gasteiger partial charge in [-0.1, -0.05) is 12.8 Å². The fourth-order valence-electron chi connectivity index (χ4n) is 4.55. The molecule has 1 saturated heterocycles. The monoisotopic (exact) mass is 236 g/mol. The first-order chi connectivity index (χ1) is 8.29. The van der Waals surface area contributed by atoms with Gasteiger partial charge >= 0.3 is 0 Å². The third-order valence-electron chi connectivity index (χ3n) is 5.26. The van der Waals surface area contributed by atoms with Gasteiger partial charge in [-0.3, -0.25) is 0 Å². The van der Waals surface area contributed by atoms with Gasteiger partial charge in [-0.05, 0) is 56.3 Å². The number of hydrogen-bond acceptors (Lipinski definition) is 2. The molecule has 3 aliphatic rings. The van der Waals surface area contributed by atoms with E-state index in [2.05, 4.69) is 4.90 Å². The maximum absolute atomic E-state index is 6.10. The third-order valence-corrected chi connectivity index (χ3v) is 5.26.